The molecule has 1 N–H and O–H groups in total. The predicted octanol–water partition coefficient (Wildman–Crippen LogP) is 1.74. The van der Waals surface area contributed by atoms with Crippen LogP contribution in [0.25, 0.3) is 0 Å². The van der Waals surface area contributed by atoms with Crippen molar-refractivity contribution >= 4 is 5.97 Å². The first-order valence-electron chi connectivity index (χ1n) is 4.93. The molecule has 0 fully saturated rings. The summed E-state index contributed by atoms with van der Waals surface area (Å²) in [6.45, 7) is 4.12. The van der Waals surface area contributed by atoms with Gasteiger partial charge in [-0.2, -0.15) is 0 Å². The molecular formula is C11H15NO3. The predicted molar refractivity (Wildman–Crippen MR) is 55.9 cm³/mol. The van der Waals surface area contributed by atoms with Crippen molar-refractivity contribution in [3.05, 3.63) is 24.0 Å². The van der Waals surface area contributed by atoms with Gasteiger partial charge in [0.2, 0.25) is 0 Å². The first kappa shape index (κ1) is 11.5. The average Bonchev–Trinajstić information content (AvgIpc) is 2.21. The molecule has 0 aliphatic rings. The van der Waals surface area contributed by atoms with Crippen LogP contribution in [0.4, 0.5) is 0 Å². The third-order valence-corrected chi connectivity index (χ3v) is 2.12. The number of nitrogens with zero attached hydrogens (tertiary/aromatic N) is 1. The average molecular weight is 209 g/mol. The molecule has 1 rings (SSSR count). The van der Waals surface area contributed by atoms with Crippen LogP contribution < -0.4 is 4.74 Å². The molecule has 1 unspecified atom stereocenters. The number of aliphatic carboxylic acids is 1. The Morgan fingerprint density at radius 2 is 2.40 bits per heavy atom. The molecule has 15 heavy (non-hydrogen) atoms. The van der Waals surface area contributed by atoms with Gasteiger partial charge in [0.1, 0.15) is 5.75 Å². The standard InChI is InChI=1S/C11H15NO3/c1-3-15-10-7-12-5-4-9(10)6-8(2)11(13)14/h4-5,7-8H,3,6H2,1-2H3,(H,13,14). The van der Waals surface area contributed by atoms with Crippen LogP contribution in [-0.2, 0) is 11.2 Å². The van der Waals surface area contributed by atoms with E-state index in [4.69, 9.17) is 9.84 Å². The second-order valence-electron chi connectivity index (χ2n) is 3.36. The van der Waals surface area contributed by atoms with Crippen LogP contribution in [0.15, 0.2) is 18.5 Å². The number of hydrogen-bond donors (Lipinski definition) is 1. The topological polar surface area (TPSA) is 59.4 Å². The SMILES string of the molecule is CCOc1cnccc1CC(C)C(=O)O. The number of ether oxygens (including phenoxy) is 1. The number of carbonyl (C=O) groups is 1. The molecule has 4 heteroatoms. The van der Waals surface area contributed by atoms with Gasteiger partial charge in [-0.15, -0.1) is 0 Å². The highest BCUT2D eigenvalue weighted by Gasteiger charge is 2.14. The fourth-order valence-electron chi connectivity index (χ4n) is 1.28. The summed E-state index contributed by atoms with van der Waals surface area (Å²) in [5, 5.41) is 8.81. The summed E-state index contributed by atoms with van der Waals surface area (Å²) in [6.07, 6.45) is 3.73. The van der Waals surface area contributed by atoms with Crippen molar-refractivity contribution in [2.75, 3.05) is 6.61 Å². The molecule has 1 aromatic rings. The highest BCUT2D eigenvalue weighted by Crippen LogP contribution is 2.20. The lowest BCUT2D eigenvalue weighted by Crippen LogP contribution is -2.13. The molecule has 0 amide bonds. The van der Waals surface area contributed by atoms with E-state index in [2.05, 4.69) is 4.98 Å². The van der Waals surface area contributed by atoms with Crippen molar-refractivity contribution in [1.29, 1.82) is 0 Å². The molecule has 0 radical (unpaired) electrons. The Bertz CT molecular complexity index is 338. The van der Waals surface area contributed by atoms with Crippen molar-refractivity contribution in [2.24, 2.45) is 5.92 Å². The third-order valence-electron chi connectivity index (χ3n) is 2.12. The number of aromatic nitrogens is 1. The second kappa shape index (κ2) is 5.34. The van der Waals surface area contributed by atoms with Crippen LogP contribution in [0.3, 0.4) is 0 Å². The van der Waals surface area contributed by atoms with Crippen LogP contribution >= 0.6 is 0 Å². The Kier molecular flexibility index (Phi) is 4.09. The minimum atomic E-state index is -0.797. The molecule has 0 aliphatic carbocycles. The van der Waals surface area contributed by atoms with E-state index in [-0.39, 0.29) is 0 Å². The van der Waals surface area contributed by atoms with Gasteiger partial charge < -0.3 is 9.84 Å². The molecule has 4 nitrogen and oxygen atoms in total. The maximum absolute atomic E-state index is 10.7. The zero-order valence-corrected chi connectivity index (χ0v) is 8.93. The molecule has 0 spiro atoms. The molecule has 1 heterocycles. The summed E-state index contributed by atoms with van der Waals surface area (Å²) in [4.78, 5) is 14.7. The molecule has 0 bridgehead atoms. The largest absolute Gasteiger partial charge is 0.492 e. The minimum absolute atomic E-state index is 0.411. The molecule has 0 saturated heterocycles. The van der Waals surface area contributed by atoms with E-state index in [0.717, 1.165) is 5.56 Å². The molecule has 0 saturated carbocycles. The highest BCUT2D eigenvalue weighted by atomic mass is 16.5. The lowest BCUT2D eigenvalue weighted by molar-refractivity contribution is -0.141. The van der Waals surface area contributed by atoms with Gasteiger partial charge in [0, 0.05) is 6.20 Å². The van der Waals surface area contributed by atoms with Crippen molar-refractivity contribution in [3.63, 3.8) is 0 Å². The van der Waals surface area contributed by atoms with Crippen molar-refractivity contribution in [1.82, 2.24) is 4.98 Å². The van der Waals surface area contributed by atoms with Crippen molar-refractivity contribution in [3.8, 4) is 5.75 Å². The van der Waals surface area contributed by atoms with E-state index in [9.17, 15) is 4.79 Å². The Labute approximate surface area is 88.9 Å². The Morgan fingerprint density at radius 3 is 3.00 bits per heavy atom. The fourth-order valence-corrected chi connectivity index (χ4v) is 1.28. The summed E-state index contributed by atoms with van der Waals surface area (Å²) < 4.78 is 5.36. The van der Waals surface area contributed by atoms with Crippen LogP contribution in [0.1, 0.15) is 19.4 Å². The van der Waals surface area contributed by atoms with E-state index < -0.39 is 11.9 Å². The van der Waals surface area contributed by atoms with Crippen molar-refractivity contribution in [2.45, 2.75) is 20.3 Å². The van der Waals surface area contributed by atoms with E-state index in [1.54, 1.807) is 25.4 Å². The quantitative estimate of drug-likeness (QED) is 0.802. The second-order valence-corrected chi connectivity index (χ2v) is 3.36. The zero-order valence-electron chi connectivity index (χ0n) is 8.93. The smallest absolute Gasteiger partial charge is 0.306 e. The minimum Gasteiger partial charge on any atom is -0.492 e. The van der Waals surface area contributed by atoms with E-state index in [1.165, 1.54) is 0 Å². The summed E-state index contributed by atoms with van der Waals surface area (Å²) in [5.74, 6) is -0.533. The Hall–Kier alpha value is -1.58. The van der Waals surface area contributed by atoms with Gasteiger partial charge >= 0.3 is 5.97 Å². The monoisotopic (exact) mass is 209 g/mol. The maximum atomic E-state index is 10.7. The van der Waals surface area contributed by atoms with E-state index in [1.807, 2.05) is 6.92 Å². The third kappa shape index (κ3) is 3.23. The number of pyridine rings is 1. The maximum Gasteiger partial charge on any atom is 0.306 e. The zero-order chi connectivity index (χ0) is 11.3. The summed E-state index contributed by atoms with van der Waals surface area (Å²) in [6, 6.07) is 1.80. The van der Waals surface area contributed by atoms with Gasteiger partial charge in [-0.1, -0.05) is 6.92 Å². The van der Waals surface area contributed by atoms with E-state index in [0.29, 0.717) is 18.8 Å². The molecule has 0 aliphatic heterocycles. The highest BCUT2D eigenvalue weighted by molar-refractivity contribution is 5.70. The number of rotatable bonds is 5. The normalized spacial score (nSPS) is 12.1. The van der Waals surface area contributed by atoms with Gasteiger partial charge in [0.05, 0.1) is 18.7 Å². The van der Waals surface area contributed by atoms with Crippen LogP contribution in [0, 0.1) is 5.92 Å². The summed E-state index contributed by atoms with van der Waals surface area (Å²) in [5.41, 5.74) is 0.891. The van der Waals surface area contributed by atoms with Gasteiger partial charge in [0.25, 0.3) is 0 Å². The molecule has 0 aromatic carbocycles. The molecule has 1 atom stereocenters. The van der Waals surface area contributed by atoms with E-state index >= 15 is 0 Å². The van der Waals surface area contributed by atoms with Gasteiger partial charge in [-0.25, -0.2) is 0 Å². The van der Waals surface area contributed by atoms with Gasteiger partial charge in [0.15, 0.2) is 0 Å². The summed E-state index contributed by atoms with van der Waals surface area (Å²) in [7, 11) is 0. The first-order chi connectivity index (χ1) is 7.15. The molecular weight excluding hydrogens is 194 g/mol. The van der Waals surface area contributed by atoms with Crippen LogP contribution in [-0.4, -0.2) is 22.7 Å². The Morgan fingerprint density at radius 1 is 1.67 bits per heavy atom. The van der Waals surface area contributed by atoms with Gasteiger partial charge in [-0.3, -0.25) is 9.78 Å². The molecule has 1 aromatic heterocycles. The van der Waals surface area contributed by atoms with Crippen LogP contribution in [0.5, 0.6) is 5.75 Å². The molecule has 82 valence electrons. The fraction of sp³-hybridized carbons (Fsp3) is 0.455. The lowest BCUT2D eigenvalue weighted by atomic mass is 10.0. The lowest BCUT2D eigenvalue weighted by Gasteiger charge is -2.11. The van der Waals surface area contributed by atoms with Crippen LogP contribution in [0.2, 0.25) is 0 Å². The van der Waals surface area contributed by atoms with Crippen molar-refractivity contribution < 1.29 is 14.6 Å². The number of carboxylic acid groups (broad SMARTS) is 1. The first-order valence-corrected chi connectivity index (χ1v) is 4.93. The van der Waals surface area contributed by atoms with Gasteiger partial charge in [-0.05, 0) is 25.0 Å². The summed E-state index contributed by atoms with van der Waals surface area (Å²) >= 11 is 0. The number of carboxylic acids is 1. The Balaban J connectivity index is 2.79. The number of hydrogen-bond acceptors (Lipinski definition) is 3.